The molecule has 0 unspecified atom stereocenters. The fraction of sp³-hybridized carbons (Fsp3) is 0.273. The molecule has 0 radical (unpaired) electrons. The highest BCUT2D eigenvalue weighted by Gasteiger charge is 2.19. The van der Waals surface area contributed by atoms with Gasteiger partial charge in [0.25, 0.3) is 0 Å². The normalized spacial score (nSPS) is 10.9. The number of fused-ring (bicyclic) bond motifs is 1. The minimum atomic E-state index is -0.401. The van der Waals surface area contributed by atoms with Gasteiger partial charge in [-0.3, -0.25) is 14.4 Å². The summed E-state index contributed by atoms with van der Waals surface area (Å²) >= 11 is 3.34. The first-order chi connectivity index (χ1) is 14.4. The van der Waals surface area contributed by atoms with Crippen LogP contribution in [0.3, 0.4) is 0 Å². The second-order valence-electron chi connectivity index (χ2n) is 6.86. The maximum absolute atomic E-state index is 13.0. The fourth-order valence-electron chi connectivity index (χ4n) is 3.05. The molecule has 0 fully saturated rings. The van der Waals surface area contributed by atoms with Crippen molar-refractivity contribution in [3.05, 3.63) is 74.1 Å². The van der Waals surface area contributed by atoms with Crippen molar-refractivity contribution >= 4 is 38.7 Å². The van der Waals surface area contributed by atoms with Crippen molar-refractivity contribution in [1.82, 2.24) is 14.9 Å². The van der Waals surface area contributed by atoms with Crippen LogP contribution in [0.15, 0.2) is 51.9 Å². The van der Waals surface area contributed by atoms with E-state index in [1.807, 2.05) is 0 Å². The molecular formula is C22H22BrN3O4. The first kappa shape index (κ1) is 21.9. The predicted octanol–water partition coefficient (Wildman–Crippen LogP) is 2.85. The van der Waals surface area contributed by atoms with Gasteiger partial charge in [-0.1, -0.05) is 15.9 Å². The number of benzene rings is 1. The summed E-state index contributed by atoms with van der Waals surface area (Å²) in [5.74, 6) is -0.634. The van der Waals surface area contributed by atoms with Gasteiger partial charge in [-0.15, -0.1) is 0 Å². The van der Waals surface area contributed by atoms with Crippen LogP contribution in [-0.4, -0.2) is 41.5 Å². The third kappa shape index (κ3) is 5.01. The highest BCUT2D eigenvalue weighted by molar-refractivity contribution is 9.10. The van der Waals surface area contributed by atoms with E-state index in [4.69, 9.17) is 4.74 Å². The monoisotopic (exact) mass is 471 g/mol. The summed E-state index contributed by atoms with van der Waals surface area (Å²) in [5, 5.41) is 3.11. The standard InChI is InChI=1S/C22H22BrN3O4/c1-14-4-9-17-21(29)18(20(28)15-5-7-16(23)8-6-15)12-26(22(17)25-14)13-19(27)24-10-3-11-30-2/h4-9,12H,3,10-11,13H2,1-2H3,(H,24,27). The zero-order chi connectivity index (χ0) is 21.7. The largest absolute Gasteiger partial charge is 0.385 e. The molecule has 0 bridgehead atoms. The summed E-state index contributed by atoms with van der Waals surface area (Å²) in [6, 6.07) is 10.1. The summed E-state index contributed by atoms with van der Waals surface area (Å²) in [6.07, 6.45) is 2.12. The van der Waals surface area contributed by atoms with Gasteiger partial charge in [0.05, 0.1) is 10.9 Å². The van der Waals surface area contributed by atoms with Crippen molar-refractivity contribution in [2.24, 2.45) is 0 Å². The van der Waals surface area contributed by atoms with Crippen molar-refractivity contribution in [1.29, 1.82) is 0 Å². The molecule has 1 aromatic carbocycles. The van der Waals surface area contributed by atoms with Gasteiger partial charge in [0.15, 0.2) is 5.78 Å². The second kappa shape index (κ2) is 9.77. The smallest absolute Gasteiger partial charge is 0.239 e. The summed E-state index contributed by atoms with van der Waals surface area (Å²) < 4.78 is 7.37. The molecule has 3 rings (SSSR count). The first-order valence-corrected chi connectivity index (χ1v) is 10.3. The second-order valence-corrected chi connectivity index (χ2v) is 7.77. The van der Waals surface area contributed by atoms with Gasteiger partial charge in [0.2, 0.25) is 11.3 Å². The SMILES string of the molecule is COCCCNC(=O)Cn1cc(C(=O)c2ccc(Br)cc2)c(=O)c2ccc(C)nc21. The lowest BCUT2D eigenvalue weighted by Gasteiger charge is -2.13. The van der Waals surface area contributed by atoms with E-state index in [1.54, 1.807) is 55.0 Å². The first-order valence-electron chi connectivity index (χ1n) is 9.47. The molecule has 2 aromatic heterocycles. The number of ether oxygens (including phenoxy) is 1. The molecule has 0 spiro atoms. The Morgan fingerprint density at radius 2 is 1.90 bits per heavy atom. The number of hydrogen-bond acceptors (Lipinski definition) is 5. The highest BCUT2D eigenvalue weighted by atomic mass is 79.9. The lowest BCUT2D eigenvalue weighted by molar-refractivity contribution is -0.121. The van der Waals surface area contributed by atoms with Crippen LogP contribution >= 0.6 is 15.9 Å². The molecule has 0 saturated heterocycles. The molecule has 1 amide bonds. The predicted molar refractivity (Wildman–Crippen MR) is 118 cm³/mol. The minimum Gasteiger partial charge on any atom is -0.385 e. The van der Waals surface area contributed by atoms with E-state index in [2.05, 4.69) is 26.2 Å². The zero-order valence-electron chi connectivity index (χ0n) is 16.8. The molecule has 0 aliphatic heterocycles. The Bertz CT molecular complexity index is 1140. The van der Waals surface area contributed by atoms with Gasteiger partial charge < -0.3 is 14.6 Å². The van der Waals surface area contributed by atoms with Crippen LogP contribution in [0.5, 0.6) is 0 Å². The van der Waals surface area contributed by atoms with Gasteiger partial charge in [-0.2, -0.15) is 0 Å². The molecule has 2 heterocycles. The van der Waals surface area contributed by atoms with Crippen molar-refractivity contribution in [2.75, 3.05) is 20.3 Å². The summed E-state index contributed by atoms with van der Waals surface area (Å²) in [5.41, 5.74) is 1.08. The topological polar surface area (TPSA) is 90.3 Å². The zero-order valence-corrected chi connectivity index (χ0v) is 18.4. The lowest BCUT2D eigenvalue weighted by Crippen LogP contribution is -2.30. The van der Waals surface area contributed by atoms with E-state index >= 15 is 0 Å². The van der Waals surface area contributed by atoms with E-state index in [1.165, 1.54) is 6.20 Å². The Morgan fingerprint density at radius 3 is 2.60 bits per heavy atom. The van der Waals surface area contributed by atoms with E-state index in [9.17, 15) is 14.4 Å². The Kier molecular flexibility index (Phi) is 7.12. The average molecular weight is 472 g/mol. The number of amides is 1. The molecule has 0 atom stereocenters. The number of aryl methyl sites for hydroxylation is 1. The molecule has 0 aliphatic carbocycles. The Hall–Kier alpha value is -2.84. The minimum absolute atomic E-state index is 0.00246. The van der Waals surface area contributed by atoms with Gasteiger partial charge in [-0.25, -0.2) is 4.98 Å². The Labute approximate surface area is 182 Å². The van der Waals surface area contributed by atoms with Crippen LogP contribution in [0.1, 0.15) is 28.0 Å². The maximum Gasteiger partial charge on any atom is 0.239 e. The van der Waals surface area contributed by atoms with Gasteiger partial charge >= 0.3 is 0 Å². The number of ketones is 1. The highest BCUT2D eigenvalue weighted by Crippen LogP contribution is 2.16. The van der Waals surface area contributed by atoms with Crippen LogP contribution in [0.2, 0.25) is 0 Å². The number of nitrogens with one attached hydrogen (secondary N) is 1. The van der Waals surface area contributed by atoms with Crippen LogP contribution in [0, 0.1) is 6.92 Å². The number of methoxy groups -OCH3 is 1. The number of rotatable bonds is 8. The molecular weight excluding hydrogens is 450 g/mol. The number of carbonyl (C=O) groups excluding carboxylic acids is 2. The number of aromatic nitrogens is 2. The lowest BCUT2D eigenvalue weighted by atomic mass is 10.0. The Balaban J connectivity index is 2.00. The molecule has 156 valence electrons. The third-order valence-electron chi connectivity index (χ3n) is 4.57. The summed E-state index contributed by atoms with van der Waals surface area (Å²) in [6.45, 7) is 2.77. The van der Waals surface area contributed by atoms with E-state index in [-0.39, 0.29) is 18.0 Å². The molecule has 8 heteroatoms. The molecule has 7 nitrogen and oxygen atoms in total. The summed E-state index contributed by atoms with van der Waals surface area (Å²) in [7, 11) is 1.60. The molecule has 30 heavy (non-hydrogen) atoms. The summed E-state index contributed by atoms with van der Waals surface area (Å²) in [4.78, 5) is 42.9. The fourth-order valence-corrected chi connectivity index (χ4v) is 3.32. The van der Waals surface area contributed by atoms with Crippen LogP contribution < -0.4 is 10.7 Å². The maximum atomic E-state index is 13.0. The van der Waals surface area contributed by atoms with Crippen molar-refractivity contribution < 1.29 is 14.3 Å². The van der Waals surface area contributed by atoms with Gasteiger partial charge in [-0.05, 0) is 49.7 Å². The van der Waals surface area contributed by atoms with Gasteiger partial charge in [0.1, 0.15) is 12.2 Å². The van der Waals surface area contributed by atoms with E-state index in [0.717, 1.165) is 4.47 Å². The van der Waals surface area contributed by atoms with E-state index < -0.39 is 11.2 Å². The van der Waals surface area contributed by atoms with Crippen LogP contribution in [0.25, 0.3) is 11.0 Å². The number of hydrogen-bond donors (Lipinski definition) is 1. The van der Waals surface area contributed by atoms with E-state index in [0.29, 0.717) is 41.9 Å². The average Bonchev–Trinajstić information content (AvgIpc) is 2.73. The van der Waals surface area contributed by atoms with Crippen molar-refractivity contribution in [3.63, 3.8) is 0 Å². The number of carbonyl (C=O) groups is 2. The third-order valence-corrected chi connectivity index (χ3v) is 5.10. The molecule has 1 N–H and O–H groups in total. The number of pyridine rings is 2. The van der Waals surface area contributed by atoms with Crippen LogP contribution in [0.4, 0.5) is 0 Å². The van der Waals surface area contributed by atoms with Gasteiger partial charge in [0, 0.05) is 42.2 Å². The van der Waals surface area contributed by atoms with Crippen LogP contribution in [-0.2, 0) is 16.1 Å². The van der Waals surface area contributed by atoms with Crippen molar-refractivity contribution in [2.45, 2.75) is 19.9 Å². The number of nitrogens with zero attached hydrogens (tertiary/aromatic N) is 2. The van der Waals surface area contributed by atoms with Crippen molar-refractivity contribution in [3.8, 4) is 0 Å². The Morgan fingerprint density at radius 1 is 1.17 bits per heavy atom. The quantitative estimate of drug-likeness (QED) is 0.402. The molecule has 0 aliphatic rings. The molecule has 0 saturated carbocycles. The molecule has 3 aromatic rings. The number of halogens is 1.